The van der Waals surface area contributed by atoms with E-state index in [1.54, 1.807) is 44.2 Å². The summed E-state index contributed by atoms with van der Waals surface area (Å²) >= 11 is 0. The lowest BCUT2D eigenvalue weighted by atomic mass is 10.1. The zero-order valence-corrected chi connectivity index (χ0v) is 18.7. The van der Waals surface area contributed by atoms with E-state index in [9.17, 15) is 22.4 Å². The number of amides is 1. The first-order chi connectivity index (χ1) is 16.6. The number of anilines is 1. The molecule has 6 nitrogen and oxygen atoms in total. The summed E-state index contributed by atoms with van der Waals surface area (Å²) < 4.78 is 60.0. The van der Waals surface area contributed by atoms with Crippen LogP contribution in [-0.2, 0) is 6.18 Å². The fourth-order valence-electron chi connectivity index (χ4n) is 3.29. The largest absolute Gasteiger partial charge is 0.460 e. The van der Waals surface area contributed by atoms with E-state index in [1.165, 1.54) is 35.0 Å². The van der Waals surface area contributed by atoms with Crippen molar-refractivity contribution < 1.29 is 27.1 Å². The zero-order chi connectivity index (χ0) is 25.2. The van der Waals surface area contributed by atoms with E-state index in [2.05, 4.69) is 15.4 Å². The van der Waals surface area contributed by atoms with Gasteiger partial charge in [0.15, 0.2) is 5.82 Å². The number of halogens is 4. The maximum absolute atomic E-state index is 14.0. The van der Waals surface area contributed by atoms with Gasteiger partial charge in [0.25, 0.3) is 5.91 Å². The molecule has 1 heterocycles. The third-order valence-electron chi connectivity index (χ3n) is 4.87. The summed E-state index contributed by atoms with van der Waals surface area (Å²) in [6, 6.07) is 16.7. The number of nitrogens with zero attached hydrogens (tertiary/aromatic N) is 3. The second-order valence-electron chi connectivity index (χ2n) is 7.86. The Balaban J connectivity index is 1.70. The Bertz CT molecular complexity index is 1350. The number of aromatic nitrogens is 3. The molecule has 1 N–H and O–H groups in total. The van der Waals surface area contributed by atoms with Gasteiger partial charge in [-0.2, -0.15) is 18.2 Å². The van der Waals surface area contributed by atoms with Crippen molar-refractivity contribution in [3.8, 4) is 23.1 Å². The number of alkyl halides is 3. The van der Waals surface area contributed by atoms with Crippen LogP contribution in [0.5, 0.6) is 6.01 Å². The predicted molar refractivity (Wildman–Crippen MR) is 122 cm³/mol. The molecule has 3 aromatic carbocycles. The van der Waals surface area contributed by atoms with E-state index in [0.717, 1.165) is 12.1 Å². The quantitative estimate of drug-likeness (QED) is 0.334. The SMILES string of the molecule is CC(C)Oc1nc(-c2ccc(C(F)(F)F)cc2)n(-c2cccc(NC(=O)c3ccccc3F)c2)n1. The number of nitrogens with one attached hydrogen (secondary N) is 1. The van der Waals surface area contributed by atoms with E-state index in [4.69, 9.17) is 4.74 Å². The molecule has 0 bridgehead atoms. The molecule has 0 aliphatic carbocycles. The van der Waals surface area contributed by atoms with Crippen molar-refractivity contribution in [3.63, 3.8) is 0 Å². The molecule has 0 saturated carbocycles. The molecule has 0 atom stereocenters. The van der Waals surface area contributed by atoms with E-state index >= 15 is 0 Å². The van der Waals surface area contributed by atoms with Crippen LogP contribution in [0.1, 0.15) is 29.8 Å². The number of benzene rings is 3. The Morgan fingerprint density at radius 1 is 1.00 bits per heavy atom. The lowest BCUT2D eigenvalue weighted by Crippen LogP contribution is -2.14. The summed E-state index contributed by atoms with van der Waals surface area (Å²) in [6.07, 6.45) is -4.71. The Morgan fingerprint density at radius 3 is 2.37 bits per heavy atom. The van der Waals surface area contributed by atoms with Crippen molar-refractivity contribution in [2.24, 2.45) is 0 Å². The Labute approximate surface area is 198 Å². The molecule has 1 amide bonds. The van der Waals surface area contributed by atoms with Crippen LogP contribution in [0.2, 0.25) is 0 Å². The Hall–Kier alpha value is -4.21. The molecule has 10 heteroatoms. The van der Waals surface area contributed by atoms with Gasteiger partial charge < -0.3 is 10.1 Å². The smallest absolute Gasteiger partial charge is 0.416 e. The average molecular weight is 484 g/mol. The molecule has 4 aromatic rings. The highest BCUT2D eigenvalue weighted by atomic mass is 19.4. The standard InChI is InChI=1S/C25H20F4N4O2/c1-15(2)35-24-31-22(16-10-12-17(13-11-16)25(27,28)29)33(32-24)19-7-5-6-18(14-19)30-23(34)20-8-3-4-9-21(20)26/h3-15H,1-2H3,(H,30,34). The van der Waals surface area contributed by atoms with Crippen LogP contribution in [-0.4, -0.2) is 26.8 Å². The molecule has 0 fully saturated rings. The normalized spacial score (nSPS) is 11.5. The number of rotatable bonds is 6. The topological polar surface area (TPSA) is 69.0 Å². The van der Waals surface area contributed by atoms with Gasteiger partial charge in [-0.05, 0) is 56.3 Å². The highest BCUT2D eigenvalue weighted by Gasteiger charge is 2.30. The van der Waals surface area contributed by atoms with E-state index in [0.29, 0.717) is 16.9 Å². The summed E-state index contributed by atoms with van der Waals surface area (Å²) in [5.41, 5.74) is 0.290. The van der Waals surface area contributed by atoms with Gasteiger partial charge in [0.1, 0.15) is 5.82 Å². The summed E-state index contributed by atoms with van der Waals surface area (Å²) in [7, 11) is 0. The van der Waals surface area contributed by atoms with Crippen molar-refractivity contribution in [2.75, 3.05) is 5.32 Å². The van der Waals surface area contributed by atoms with Crippen molar-refractivity contribution >= 4 is 11.6 Å². The first-order valence-electron chi connectivity index (χ1n) is 10.6. The second kappa shape index (κ2) is 9.57. The van der Waals surface area contributed by atoms with Gasteiger partial charge in [-0.3, -0.25) is 4.79 Å². The minimum absolute atomic E-state index is 0.0377. The Morgan fingerprint density at radius 2 is 1.71 bits per heavy atom. The van der Waals surface area contributed by atoms with Crippen LogP contribution in [0.15, 0.2) is 72.8 Å². The second-order valence-corrected chi connectivity index (χ2v) is 7.86. The molecule has 0 spiro atoms. The average Bonchev–Trinajstić information content (AvgIpc) is 3.22. The van der Waals surface area contributed by atoms with Crippen molar-refractivity contribution in [1.82, 2.24) is 14.8 Å². The maximum Gasteiger partial charge on any atom is 0.416 e. The lowest BCUT2D eigenvalue weighted by Gasteiger charge is -2.10. The van der Waals surface area contributed by atoms with Crippen LogP contribution < -0.4 is 10.1 Å². The molecule has 0 aliphatic rings. The molecule has 1 aromatic heterocycles. The Kier molecular flexibility index (Phi) is 6.54. The minimum atomic E-state index is -4.47. The van der Waals surface area contributed by atoms with Crippen LogP contribution >= 0.6 is 0 Å². The molecule has 0 radical (unpaired) electrons. The van der Waals surface area contributed by atoms with E-state index < -0.39 is 23.5 Å². The minimum Gasteiger partial charge on any atom is -0.460 e. The third-order valence-corrected chi connectivity index (χ3v) is 4.87. The van der Waals surface area contributed by atoms with Crippen molar-refractivity contribution in [3.05, 3.63) is 89.7 Å². The van der Waals surface area contributed by atoms with Crippen LogP contribution in [0.25, 0.3) is 17.1 Å². The predicted octanol–water partition coefficient (Wildman–Crippen LogP) is 6.13. The molecule has 0 unspecified atom stereocenters. The third kappa shape index (κ3) is 5.48. The first kappa shape index (κ1) is 23.9. The van der Waals surface area contributed by atoms with Gasteiger partial charge in [-0.15, -0.1) is 5.10 Å². The van der Waals surface area contributed by atoms with Gasteiger partial charge >= 0.3 is 12.2 Å². The number of hydrogen-bond acceptors (Lipinski definition) is 4. The van der Waals surface area contributed by atoms with Gasteiger partial charge in [0.2, 0.25) is 0 Å². The molecule has 180 valence electrons. The van der Waals surface area contributed by atoms with Crippen molar-refractivity contribution in [1.29, 1.82) is 0 Å². The number of hydrogen-bond donors (Lipinski definition) is 1. The molecule has 0 aliphatic heterocycles. The first-order valence-corrected chi connectivity index (χ1v) is 10.6. The summed E-state index contributed by atoms with van der Waals surface area (Å²) in [4.78, 5) is 16.9. The molecule has 35 heavy (non-hydrogen) atoms. The van der Waals surface area contributed by atoms with Gasteiger partial charge in [-0.25, -0.2) is 9.07 Å². The summed E-state index contributed by atoms with van der Waals surface area (Å²) in [6.45, 7) is 3.58. The van der Waals surface area contributed by atoms with Crippen LogP contribution in [0.3, 0.4) is 0 Å². The highest BCUT2D eigenvalue weighted by molar-refractivity contribution is 6.04. The van der Waals surface area contributed by atoms with Crippen LogP contribution in [0.4, 0.5) is 23.2 Å². The van der Waals surface area contributed by atoms with Crippen molar-refractivity contribution in [2.45, 2.75) is 26.1 Å². The summed E-state index contributed by atoms with van der Waals surface area (Å²) in [5.74, 6) is -1.05. The number of carbonyl (C=O) groups is 1. The molecule has 4 rings (SSSR count). The van der Waals surface area contributed by atoms with E-state index in [-0.39, 0.29) is 23.5 Å². The molecular weight excluding hydrogens is 464 g/mol. The summed E-state index contributed by atoms with van der Waals surface area (Å²) in [5, 5.41) is 6.98. The van der Waals surface area contributed by atoms with Gasteiger partial charge in [0.05, 0.1) is 22.9 Å². The van der Waals surface area contributed by atoms with E-state index in [1.807, 2.05) is 0 Å². The molecule has 0 saturated heterocycles. The maximum atomic E-state index is 14.0. The van der Waals surface area contributed by atoms with Crippen LogP contribution in [0, 0.1) is 5.82 Å². The monoisotopic (exact) mass is 484 g/mol. The lowest BCUT2D eigenvalue weighted by molar-refractivity contribution is -0.137. The fraction of sp³-hybridized carbons (Fsp3) is 0.160. The fourth-order valence-corrected chi connectivity index (χ4v) is 3.29. The molecular formula is C25H20F4N4O2. The van der Waals surface area contributed by atoms with Gasteiger partial charge in [0, 0.05) is 11.3 Å². The van der Waals surface area contributed by atoms with Gasteiger partial charge in [-0.1, -0.05) is 30.3 Å². The highest BCUT2D eigenvalue weighted by Crippen LogP contribution is 2.32. The number of carbonyl (C=O) groups excluding carboxylic acids is 1. The zero-order valence-electron chi connectivity index (χ0n) is 18.7. The number of ether oxygens (including phenoxy) is 1.